The number of aliphatic hydroxyl groups excluding tert-OH is 1. The van der Waals surface area contributed by atoms with E-state index < -0.39 is 10.0 Å². The van der Waals surface area contributed by atoms with Crippen molar-refractivity contribution in [2.24, 2.45) is 5.92 Å². The van der Waals surface area contributed by atoms with E-state index in [9.17, 15) is 13.5 Å². The van der Waals surface area contributed by atoms with Crippen LogP contribution in [0.5, 0.6) is 0 Å². The number of aliphatic hydroxyl groups is 1. The molecular weight excluding hydrogens is 290 g/mol. The molecule has 1 atom stereocenters. The topological polar surface area (TPSA) is 75.6 Å². The van der Waals surface area contributed by atoms with E-state index in [0.29, 0.717) is 18.0 Å². The van der Waals surface area contributed by atoms with Gasteiger partial charge in [-0.05, 0) is 55.4 Å². The largest absolute Gasteiger partial charge is 0.392 e. The predicted octanol–water partition coefficient (Wildman–Crippen LogP) is 1.50. The average Bonchev–Trinajstić information content (AvgIpc) is 2.94. The van der Waals surface area contributed by atoms with E-state index in [1.54, 1.807) is 13.0 Å². The van der Waals surface area contributed by atoms with Crippen LogP contribution in [0.1, 0.15) is 29.5 Å². The lowest BCUT2D eigenvalue weighted by Gasteiger charge is -2.14. The van der Waals surface area contributed by atoms with Gasteiger partial charge >= 0.3 is 0 Å². The van der Waals surface area contributed by atoms with E-state index in [1.807, 2.05) is 13.0 Å². The fraction of sp³-hybridized carbons (Fsp3) is 0.600. The first kappa shape index (κ1) is 16.4. The van der Waals surface area contributed by atoms with Gasteiger partial charge in [0.05, 0.1) is 11.5 Å². The van der Waals surface area contributed by atoms with Crippen molar-refractivity contribution < 1.29 is 18.3 Å². The highest BCUT2D eigenvalue weighted by Crippen LogP contribution is 2.22. The van der Waals surface area contributed by atoms with Crippen LogP contribution < -0.4 is 4.72 Å². The molecule has 0 amide bonds. The van der Waals surface area contributed by atoms with Crippen LogP contribution in [-0.2, 0) is 21.4 Å². The van der Waals surface area contributed by atoms with E-state index in [4.69, 9.17) is 4.74 Å². The van der Waals surface area contributed by atoms with Crippen LogP contribution in [-0.4, -0.2) is 33.3 Å². The molecule has 1 unspecified atom stereocenters. The zero-order valence-electron chi connectivity index (χ0n) is 12.6. The summed E-state index contributed by atoms with van der Waals surface area (Å²) >= 11 is 0. The minimum Gasteiger partial charge on any atom is -0.392 e. The van der Waals surface area contributed by atoms with E-state index in [0.717, 1.165) is 37.2 Å². The molecule has 0 saturated carbocycles. The molecule has 1 aromatic carbocycles. The molecule has 21 heavy (non-hydrogen) atoms. The Kier molecular flexibility index (Phi) is 5.37. The summed E-state index contributed by atoms with van der Waals surface area (Å²) in [7, 11) is -3.54. The van der Waals surface area contributed by atoms with Crippen molar-refractivity contribution in [3.05, 3.63) is 28.8 Å². The molecule has 1 saturated heterocycles. The Bertz CT molecular complexity index is 592. The summed E-state index contributed by atoms with van der Waals surface area (Å²) < 4.78 is 32.8. The Balaban J connectivity index is 2.09. The second-order valence-electron chi connectivity index (χ2n) is 5.61. The highest BCUT2D eigenvalue weighted by molar-refractivity contribution is 7.89. The summed E-state index contributed by atoms with van der Waals surface area (Å²) in [4.78, 5) is 0.259. The maximum absolute atomic E-state index is 12.4. The summed E-state index contributed by atoms with van der Waals surface area (Å²) in [5.74, 6) is 0.444. The molecule has 6 heteroatoms. The Hall–Kier alpha value is -0.950. The van der Waals surface area contributed by atoms with E-state index in [-0.39, 0.29) is 11.5 Å². The number of rotatable bonds is 6. The van der Waals surface area contributed by atoms with Crippen LogP contribution in [0.2, 0.25) is 0 Å². The fourth-order valence-corrected chi connectivity index (χ4v) is 3.97. The Morgan fingerprint density at radius 2 is 2.14 bits per heavy atom. The third-order valence-corrected chi connectivity index (χ3v) is 5.61. The molecule has 0 radical (unpaired) electrons. The zero-order chi connectivity index (χ0) is 15.5. The van der Waals surface area contributed by atoms with Crippen LogP contribution >= 0.6 is 0 Å². The quantitative estimate of drug-likeness (QED) is 0.834. The molecule has 2 N–H and O–H groups in total. The van der Waals surface area contributed by atoms with Gasteiger partial charge in [-0.3, -0.25) is 0 Å². The monoisotopic (exact) mass is 313 g/mol. The lowest BCUT2D eigenvalue weighted by Crippen LogP contribution is -2.27. The van der Waals surface area contributed by atoms with E-state index in [2.05, 4.69) is 4.72 Å². The van der Waals surface area contributed by atoms with Gasteiger partial charge in [-0.2, -0.15) is 0 Å². The number of hydrogen-bond acceptors (Lipinski definition) is 4. The van der Waals surface area contributed by atoms with Crippen LogP contribution in [0.3, 0.4) is 0 Å². The number of nitrogens with one attached hydrogen (secondary N) is 1. The highest BCUT2D eigenvalue weighted by atomic mass is 32.2. The molecule has 1 aromatic rings. The molecule has 1 aliphatic rings. The molecule has 0 aliphatic carbocycles. The molecule has 0 aromatic heterocycles. The summed E-state index contributed by atoms with van der Waals surface area (Å²) in [5.41, 5.74) is 2.21. The second kappa shape index (κ2) is 6.87. The van der Waals surface area contributed by atoms with Gasteiger partial charge in [0.15, 0.2) is 0 Å². The smallest absolute Gasteiger partial charge is 0.240 e. The molecule has 2 rings (SSSR count). The van der Waals surface area contributed by atoms with Gasteiger partial charge in [-0.15, -0.1) is 0 Å². The van der Waals surface area contributed by atoms with Gasteiger partial charge in [-0.1, -0.05) is 6.07 Å². The Morgan fingerprint density at radius 1 is 1.38 bits per heavy atom. The SMILES string of the molecule is Cc1cc(CO)cc(S(=O)(=O)NCCC2CCOC2)c1C. The maximum Gasteiger partial charge on any atom is 0.240 e. The minimum absolute atomic E-state index is 0.164. The highest BCUT2D eigenvalue weighted by Gasteiger charge is 2.20. The van der Waals surface area contributed by atoms with Gasteiger partial charge in [0.2, 0.25) is 10.0 Å². The van der Waals surface area contributed by atoms with Gasteiger partial charge in [0, 0.05) is 19.8 Å². The first-order valence-corrected chi connectivity index (χ1v) is 8.70. The summed E-state index contributed by atoms with van der Waals surface area (Å²) in [6.45, 7) is 5.38. The predicted molar refractivity (Wildman–Crippen MR) is 80.6 cm³/mol. The molecule has 1 aliphatic heterocycles. The van der Waals surface area contributed by atoms with Gasteiger partial charge in [0.1, 0.15) is 0 Å². The second-order valence-corrected chi connectivity index (χ2v) is 7.35. The lowest BCUT2D eigenvalue weighted by atomic mass is 10.1. The number of ether oxygens (including phenoxy) is 1. The van der Waals surface area contributed by atoms with Crippen LogP contribution in [0.15, 0.2) is 17.0 Å². The van der Waals surface area contributed by atoms with Gasteiger partial charge < -0.3 is 9.84 Å². The van der Waals surface area contributed by atoms with Crippen molar-refractivity contribution in [2.45, 2.75) is 38.2 Å². The van der Waals surface area contributed by atoms with Crippen molar-refractivity contribution in [3.63, 3.8) is 0 Å². The summed E-state index contributed by atoms with van der Waals surface area (Å²) in [5, 5.41) is 9.23. The van der Waals surface area contributed by atoms with Crippen molar-refractivity contribution in [1.82, 2.24) is 4.72 Å². The van der Waals surface area contributed by atoms with Crippen molar-refractivity contribution >= 4 is 10.0 Å². The van der Waals surface area contributed by atoms with Crippen molar-refractivity contribution in [3.8, 4) is 0 Å². The molecular formula is C15H23NO4S. The molecule has 0 bridgehead atoms. The molecule has 1 heterocycles. The third kappa shape index (κ3) is 4.03. The van der Waals surface area contributed by atoms with E-state index >= 15 is 0 Å². The number of hydrogen-bond donors (Lipinski definition) is 2. The molecule has 0 spiro atoms. The fourth-order valence-electron chi connectivity index (χ4n) is 2.56. The van der Waals surface area contributed by atoms with Crippen LogP contribution in [0, 0.1) is 19.8 Å². The van der Waals surface area contributed by atoms with Gasteiger partial charge in [-0.25, -0.2) is 13.1 Å². The maximum atomic E-state index is 12.4. The summed E-state index contributed by atoms with van der Waals surface area (Å²) in [6, 6.07) is 3.35. The molecule has 118 valence electrons. The van der Waals surface area contributed by atoms with Crippen LogP contribution in [0.25, 0.3) is 0 Å². The molecule has 1 fully saturated rings. The van der Waals surface area contributed by atoms with Crippen molar-refractivity contribution in [1.29, 1.82) is 0 Å². The lowest BCUT2D eigenvalue weighted by molar-refractivity contribution is 0.184. The van der Waals surface area contributed by atoms with Crippen LogP contribution in [0.4, 0.5) is 0 Å². The first-order chi connectivity index (χ1) is 9.94. The Morgan fingerprint density at radius 3 is 2.76 bits per heavy atom. The Labute approximate surface area is 126 Å². The van der Waals surface area contributed by atoms with E-state index in [1.165, 1.54) is 0 Å². The minimum atomic E-state index is -3.54. The number of sulfonamides is 1. The van der Waals surface area contributed by atoms with Crippen molar-refractivity contribution in [2.75, 3.05) is 19.8 Å². The standard InChI is InChI=1S/C15H23NO4S/c1-11-7-14(9-17)8-15(12(11)2)21(18,19)16-5-3-13-4-6-20-10-13/h7-8,13,16-17H,3-6,9-10H2,1-2H3. The first-order valence-electron chi connectivity index (χ1n) is 7.22. The normalized spacial score (nSPS) is 19.1. The molecule has 5 nitrogen and oxygen atoms in total. The summed E-state index contributed by atoms with van der Waals surface area (Å²) in [6.07, 6.45) is 1.79. The third-order valence-electron chi connectivity index (χ3n) is 4.02. The average molecular weight is 313 g/mol. The number of benzene rings is 1. The van der Waals surface area contributed by atoms with Gasteiger partial charge in [0.25, 0.3) is 0 Å². The number of aryl methyl sites for hydroxylation is 1. The zero-order valence-corrected chi connectivity index (χ0v) is 13.4.